The average Bonchev–Trinajstić information content (AvgIpc) is 2.48. The summed E-state index contributed by atoms with van der Waals surface area (Å²) in [6.45, 7) is 5.46. The van der Waals surface area contributed by atoms with Crippen LogP contribution in [0.3, 0.4) is 0 Å². The highest BCUT2D eigenvalue weighted by Crippen LogP contribution is 2.12. The zero-order valence-corrected chi connectivity index (χ0v) is 14.0. The Morgan fingerprint density at radius 1 is 1.27 bits per heavy atom. The molecule has 0 radical (unpaired) electrons. The van der Waals surface area contributed by atoms with Crippen molar-refractivity contribution < 1.29 is 14.0 Å². The lowest BCUT2D eigenvalue weighted by atomic mass is 10.3. The molecule has 0 saturated carbocycles. The van der Waals surface area contributed by atoms with Crippen LogP contribution in [0.5, 0.6) is 0 Å². The number of carbonyl (C=O) groups is 2. The zero-order chi connectivity index (χ0) is 16.5. The first-order chi connectivity index (χ1) is 10.5. The van der Waals surface area contributed by atoms with Gasteiger partial charge in [0.1, 0.15) is 10.1 Å². The molecular formula is C14H18FN3O2S2. The number of hydrogen-bond donors (Lipinski definition) is 2. The van der Waals surface area contributed by atoms with Gasteiger partial charge < -0.3 is 10.2 Å². The summed E-state index contributed by atoms with van der Waals surface area (Å²) in [5.74, 6) is -1.03. The quantitative estimate of drug-likeness (QED) is 0.805. The molecule has 0 unspecified atom stereocenters. The molecule has 0 aliphatic heterocycles. The van der Waals surface area contributed by atoms with Crippen molar-refractivity contribution in [1.29, 1.82) is 0 Å². The molecular weight excluding hydrogens is 325 g/mol. The van der Waals surface area contributed by atoms with E-state index in [0.29, 0.717) is 4.32 Å². The van der Waals surface area contributed by atoms with Crippen LogP contribution in [0.25, 0.3) is 0 Å². The molecule has 1 rings (SSSR count). The summed E-state index contributed by atoms with van der Waals surface area (Å²) in [6, 6.07) is 4.94. The van der Waals surface area contributed by atoms with Gasteiger partial charge in [0, 0.05) is 13.1 Å². The highest BCUT2D eigenvalue weighted by molar-refractivity contribution is 8.23. The maximum absolute atomic E-state index is 13.4. The van der Waals surface area contributed by atoms with Crippen LogP contribution in [0.4, 0.5) is 14.9 Å². The van der Waals surface area contributed by atoms with Gasteiger partial charge in [0.2, 0.25) is 5.91 Å². The number of thioether (sulfide) groups is 1. The Morgan fingerprint density at radius 2 is 1.91 bits per heavy atom. The number of anilines is 1. The van der Waals surface area contributed by atoms with Crippen LogP contribution >= 0.6 is 24.0 Å². The number of imide groups is 1. The van der Waals surface area contributed by atoms with E-state index in [1.165, 1.54) is 30.0 Å². The van der Waals surface area contributed by atoms with E-state index in [4.69, 9.17) is 12.2 Å². The molecule has 0 fully saturated rings. The van der Waals surface area contributed by atoms with E-state index in [2.05, 4.69) is 10.6 Å². The molecule has 0 aromatic heterocycles. The third-order valence-electron chi connectivity index (χ3n) is 2.72. The zero-order valence-electron chi connectivity index (χ0n) is 12.4. The molecule has 120 valence electrons. The van der Waals surface area contributed by atoms with Crippen LogP contribution in [-0.4, -0.2) is 40.0 Å². The summed E-state index contributed by atoms with van der Waals surface area (Å²) in [6.07, 6.45) is 0. The molecule has 22 heavy (non-hydrogen) atoms. The molecule has 3 amide bonds. The van der Waals surface area contributed by atoms with Gasteiger partial charge in [-0.2, -0.15) is 0 Å². The highest BCUT2D eigenvalue weighted by Gasteiger charge is 2.12. The van der Waals surface area contributed by atoms with Crippen molar-refractivity contribution in [3.8, 4) is 0 Å². The van der Waals surface area contributed by atoms with Gasteiger partial charge in [-0.1, -0.05) is 36.1 Å². The number of para-hydroxylation sites is 1. The molecule has 0 aliphatic rings. The van der Waals surface area contributed by atoms with Crippen molar-refractivity contribution in [2.24, 2.45) is 0 Å². The van der Waals surface area contributed by atoms with E-state index in [9.17, 15) is 14.0 Å². The Kier molecular flexibility index (Phi) is 7.83. The molecule has 0 heterocycles. The Labute approximate surface area is 138 Å². The number of benzene rings is 1. The van der Waals surface area contributed by atoms with Crippen LogP contribution in [0.1, 0.15) is 13.8 Å². The standard InChI is InChI=1S/C14H18FN3O2S2/c1-3-18(4-2)14(21)22-9-12(19)17-13(20)16-11-8-6-5-7-10(11)15/h5-8H,3-4,9H2,1-2H3,(H2,16,17,19,20). The SMILES string of the molecule is CCN(CC)C(=S)SCC(=O)NC(=O)Nc1ccccc1F. The number of nitrogens with zero attached hydrogens (tertiary/aromatic N) is 1. The topological polar surface area (TPSA) is 61.4 Å². The number of halogens is 1. The summed E-state index contributed by atoms with van der Waals surface area (Å²) in [5, 5.41) is 4.41. The summed E-state index contributed by atoms with van der Waals surface area (Å²) in [5.41, 5.74) is 0.0131. The third kappa shape index (κ3) is 5.98. The van der Waals surface area contributed by atoms with Crippen molar-refractivity contribution in [3.63, 3.8) is 0 Å². The van der Waals surface area contributed by atoms with E-state index in [1.807, 2.05) is 18.7 Å². The van der Waals surface area contributed by atoms with Crippen molar-refractivity contribution in [2.45, 2.75) is 13.8 Å². The second-order valence-corrected chi connectivity index (χ2v) is 5.82. The lowest BCUT2D eigenvalue weighted by Gasteiger charge is -2.20. The molecule has 5 nitrogen and oxygen atoms in total. The molecule has 2 N–H and O–H groups in total. The smallest absolute Gasteiger partial charge is 0.325 e. The molecule has 8 heteroatoms. The van der Waals surface area contributed by atoms with E-state index in [-0.39, 0.29) is 11.4 Å². The summed E-state index contributed by atoms with van der Waals surface area (Å²) < 4.78 is 14.0. The number of thiocarbonyl (C=S) groups is 1. The van der Waals surface area contributed by atoms with Crippen molar-refractivity contribution in [1.82, 2.24) is 10.2 Å². The summed E-state index contributed by atoms with van der Waals surface area (Å²) in [7, 11) is 0. The van der Waals surface area contributed by atoms with Crippen molar-refractivity contribution in [3.05, 3.63) is 30.1 Å². The lowest BCUT2D eigenvalue weighted by Crippen LogP contribution is -2.36. The number of carbonyl (C=O) groups excluding carboxylic acids is 2. The van der Waals surface area contributed by atoms with Gasteiger partial charge in [-0.25, -0.2) is 9.18 Å². The second-order valence-electron chi connectivity index (χ2n) is 4.21. The van der Waals surface area contributed by atoms with E-state index < -0.39 is 17.8 Å². The minimum Gasteiger partial charge on any atom is -0.358 e. The molecule has 0 aliphatic carbocycles. The molecule has 0 atom stereocenters. The van der Waals surface area contributed by atoms with E-state index in [0.717, 1.165) is 13.1 Å². The Balaban J connectivity index is 2.40. The number of hydrogen-bond acceptors (Lipinski definition) is 4. The monoisotopic (exact) mass is 343 g/mol. The van der Waals surface area contributed by atoms with E-state index in [1.54, 1.807) is 6.07 Å². The normalized spacial score (nSPS) is 9.95. The van der Waals surface area contributed by atoms with Crippen molar-refractivity contribution in [2.75, 3.05) is 24.2 Å². The fourth-order valence-corrected chi connectivity index (χ4v) is 2.78. The van der Waals surface area contributed by atoms with Gasteiger partial charge in [0.25, 0.3) is 0 Å². The van der Waals surface area contributed by atoms with Gasteiger partial charge >= 0.3 is 6.03 Å². The molecule has 0 spiro atoms. The molecule has 0 bridgehead atoms. The minimum absolute atomic E-state index is 0.0131. The van der Waals surface area contributed by atoms with Gasteiger partial charge in [-0.3, -0.25) is 10.1 Å². The van der Waals surface area contributed by atoms with Crippen LogP contribution in [0.2, 0.25) is 0 Å². The number of urea groups is 1. The maximum atomic E-state index is 13.4. The van der Waals surface area contributed by atoms with Crippen LogP contribution in [0, 0.1) is 5.82 Å². The van der Waals surface area contributed by atoms with Crippen LogP contribution in [-0.2, 0) is 4.79 Å². The van der Waals surface area contributed by atoms with E-state index >= 15 is 0 Å². The first-order valence-corrected chi connectivity index (χ1v) is 8.14. The van der Waals surface area contributed by atoms with Gasteiger partial charge in [0.05, 0.1) is 11.4 Å². The van der Waals surface area contributed by atoms with Crippen LogP contribution < -0.4 is 10.6 Å². The summed E-state index contributed by atoms with van der Waals surface area (Å²) in [4.78, 5) is 25.2. The van der Waals surface area contributed by atoms with Gasteiger partial charge in [0.15, 0.2) is 0 Å². The Morgan fingerprint density at radius 3 is 2.50 bits per heavy atom. The highest BCUT2D eigenvalue weighted by atomic mass is 32.2. The average molecular weight is 343 g/mol. The maximum Gasteiger partial charge on any atom is 0.325 e. The predicted molar refractivity (Wildman–Crippen MR) is 91.5 cm³/mol. The fraction of sp³-hybridized carbons (Fsp3) is 0.357. The van der Waals surface area contributed by atoms with Crippen molar-refractivity contribution >= 4 is 45.9 Å². The number of amides is 3. The molecule has 1 aromatic rings. The summed E-state index contributed by atoms with van der Waals surface area (Å²) >= 11 is 6.37. The van der Waals surface area contributed by atoms with Crippen LogP contribution in [0.15, 0.2) is 24.3 Å². The fourth-order valence-electron chi connectivity index (χ4n) is 1.58. The first kappa shape index (κ1) is 18.4. The third-order valence-corrected chi connectivity index (χ3v) is 4.25. The Bertz CT molecular complexity index is 551. The lowest BCUT2D eigenvalue weighted by molar-refractivity contribution is -0.117. The first-order valence-electron chi connectivity index (χ1n) is 6.75. The molecule has 1 aromatic carbocycles. The minimum atomic E-state index is -0.774. The Hall–Kier alpha value is -1.67. The number of rotatable bonds is 5. The van der Waals surface area contributed by atoms with Gasteiger partial charge in [-0.05, 0) is 26.0 Å². The number of nitrogens with one attached hydrogen (secondary N) is 2. The second kappa shape index (κ2) is 9.37. The van der Waals surface area contributed by atoms with Gasteiger partial charge in [-0.15, -0.1) is 0 Å². The molecule has 0 saturated heterocycles. The largest absolute Gasteiger partial charge is 0.358 e. The predicted octanol–water partition coefficient (Wildman–Crippen LogP) is 2.83.